The molecule has 50 heavy (non-hydrogen) atoms. The van der Waals surface area contributed by atoms with E-state index in [2.05, 4.69) is 15.6 Å². The monoisotopic (exact) mass is 706 g/mol. The Hall–Kier alpha value is -4.21. The van der Waals surface area contributed by atoms with Crippen LogP contribution in [0.5, 0.6) is 0 Å². The number of hydrogen-bond donors (Lipinski definition) is 7. The average molecular weight is 707 g/mol. The standard InChI is InChI=1S/C30H47BN8O11/c1-21(30(48)39-6-2-3-24(39)31(49)50)34-29(47)22-4-5-23(32-15-22)16-33-25(40)17-35-7-9-36(18-26(41)42)11-13-38(20-28(45)46)14-12-37(10-8-35)19-27(43)44/h4-5,15,21,24,49-50H,2-3,6-14,16-20H2,1H3,(H,33,40)(H,34,47)(H,41,42)(H,43,44)(H,45,46)/t21-,24+/m1/s1. The van der Waals surface area contributed by atoms with Gasteiger partial charge >= 0.3 is 25.0 Å². The van der Waals surface area contributed by atoms with Gasteiger partial charge in [-0.2, -0.15) is 0 Å². The lowest BCUT2D eigenvalue weighted by molar-refractivity contribution is -0.140. The number of carbonyl (C=O) groups excluding carboxylic acids is 3. The molecule has 1 aromatic rings. The number of carbonyl (C=O) groups is 6. The maximum atomic E-state index is 13.0. The molecule has 2 fully saturated rings. The number of rotatable bonds is 14. The number of carboxylic acids is 3. The van der Waals surface area contributed by atoms with Gasteiger partial charge in [0.25, 0.3) is 5.91 Å². The largest absolute Gasteiger partial charge is 0.480 e. The van der Waals surface area contributed by atoms with Crippen molar-refractivity contribution in [3.8, 4) is 0 Å². The molecule has 0 saturated carbocycles. The molecule has 0 unspecified atom stereocenters. The molecule has 3 amide bonds. The molecule has 0 spiro atoms. The van der Waals surface area contributed by atoms with Crippen LogP contribution >= 0.6 is 0 Å². The van der Waals surface area contributed by atoms with Gasteiger partial charge in [0.05, 0.1) is 49.9 Å². The molecule has 1 aromatic heterocycles. The summed E-state index contributed by atoms with van der Waals surface area (Å²) in [7, 11) is -1.66. The second-order valence-corrected chi connectivity index (χ2v) is 12.5. The van der Waals surface area contributed by atoms with Gasteiger partial charge in [-0.3, -0.25) is 53.4 Å². The Morgan fingerprint density at radius 2 is 1.26 bits per heavy atom. The molecular formula is C30H47BN8O11. The number of likely N-dealkylation sites (tertiary alicyclic amines) is 1. The van der Waals surface area contributed by atoms with Crippen LogP contribution in [0.3, 0.4) is 0 Å². The predicted octanol–water partition coefficient (Wildman–Crippen LogP) is -3.71. The third-order valence-electron chi connectivity index (χ3n) is 8.57. The second kappa shape index (κ2) is 19.8. The SMILES string of the molecule is C[C@@H](NC(=O)c1ccc(CNC(=O)CN2CCN(CC(=O)O)CCN(CC(=O)O)CCN(CC(=O)O)CC2)nc1)C(=O)N1CCC[C@H]1B(O)O. The molecule has 0 aromatic carbocycles. The lowest BCUT2D eigenvalue weighted by atomic mass is 9.78. The molecule has 0 radical (unpaired) electrons. The summed E-state index contributed by atoms with van der Waals surface area (Å²) in [5, 5.41) is 52.5. The Morgan fingerprint density at radius 1 is 0.780 bits per heavy atom. The van der Waals surface area contributed by atoms with Crippen molar-refractivity contribution in [3.63, 3.8) is 0 Å². The van der Waals surface area contributed by atoms with Crippen molar-refractivity contribution in [1.82, 2.24) is 40.1 Å². The third kappa shape index (κ3) is 13.6. The molecule has 2 aliphatic rings. The predicted molar refractivity (Wildman–Crippen MR) is 177 cm³/mol. The first-order chi connectivity index (χ1) is 23.7. The van der Waals surface area contributed by atoms with Crippen molar-refractivity contribution in [3.05, 3.63) is 29.6 Å². The maximum Gasteiger partial charge on any atom is 0.475 e. The molecule has 2 aliphatic heterocycles. The van der Waals surface area contributed by atoms with Crippen molar-refractivity contribution in [1.29, 1.82) is 0 Å². The van der Waals surface area contributed by atoms with Crippen LogP contribution in [0.15, 0.2) is 18.3 Å². The first-order valence-corrected chi connectivity index (χ1v) is 16.5. The Balaban J connectivity index is 1.56. The normalized spacial score (nSPS) is 19.5. The van der Waals surface area contributed by atoms with Crippen LogP contribution in [-0.2, 0) is 30.5 Å². The molecular weight excluding hydrogens is 659 g/mol. The van der Waals surface area contributed by atoms with Crippen molar-refractivity contribution in [2.24, 2.45) is 0 Å². The van der Waals surface area contributed by atoms with E-state index in [9.17, 15) is 54.1 Å². The van der Waals surface area contributed by atoms with Gasteiger partial charge in [0, 0.05) is 65.1 Å². The van der Waals surface area contributed by atoms with Gasteiger partial charge in [0.1, 0.15) is 6.04 Å². The van der Waals surface area contributed by atoms with Gasteiger partial charge in [0.2, 0.25) is 11.8 Å². The van der Waals surface area contributed by atoms with Gasteiger partial charge in [-0.1, -0.05) is 0 Å². The summed E-state index contributed by atoms with van der Waals surface area (Å²) in [4.78, 5) is 85.2. The van der Waals surface area contributed by atoms with E-state index in [0.717, 1.165) is 0 Å². The van der Waals surface area contributed by atoms with Crippen LogP contribution in [0.1, 0.15) is 35.8 Å². The van der Waals surface area contributed by atoms with E-state index in [1.807, 2.05) is 0 Å². The van der Waals surface area contributed by atoms with Gasteiger partial charge in [0.15, 0.2) is 0 Å². The van der Waals surface area contributed by atoms with Crippen LogP contribution in [-0.4, -0.2) is 195 Å². The molecule has 2 atom stereocenters. The van der Waals surface area contributed by atoms with Crippen molar-refractivity contribution in [2.75, 3.05) is 85.1 Å². The molecule has 20 heteroatoms. The van der Waals surface area contributed by atoms with E-state index < -0.39 is 48.8 Å². The molecule has 2 saturated heterocycles. The lowest BCUT2D eigenvalue weighted by Gasteiger charge is -2.32. The van der Waals surface area contributed by atoms with Crippen LogP contribution in [0.25, 0.3) is 0 Å². The minimum atomic E-state index is -1.66. The Morgan fingerprint density at radius 3 is 1.68 bits per heavy atom. The van der Waals surface area contributed by atoms with E-state index in [4.69, 9.17) is 0 Å². The number of nitrogens with zero attached hydrogens (tertiary/aromatic N) is 6. The minimum absolute atomic E-state index is 0.0407. The van der Waals surface area contributed by atoms with Crippen molar-refractivity contribution >= 4 is 42.7 Å². The number of aromatic nitrogens is 1. The minimum Gasteiger partial charge on any atom is -0.480 e. The van der Waals surface area contributed by atoms with E-state index in [-0.39, 0.29) is 83.5 Å². The Labute approximate surface area is 289 Å². The Bertz CT molecular complexity index is 1310. The number of pyridine rings is 1. The van der Waals surface area contributed by atoms with E-state index in [0.29, 0.717) is 38.2 Å². The molecule has 3 heterocycles. The smallest absolute Gasteiger partial charge is 0.475 e. The number of nitrogens with one attached hydrogen (secondary N) is 2. The zero-order valence-electron chi connectivity index (χ0n) is 28.1. The highest BCUT2D eigenvalue weighted by atomic mass is 16.4. The summed E-state index contributed by atoms with van der Waals surface area (Å²) in [5.41, 5.74) is 0.637. The molecule has 276 valence electrons. The number of carboxylic acid groups (broad SMARTS) is 3. The summed E-state index contributed by atoms with van der Waals surface area (Å²) < 4.78 is 0. The first-order valence-electron chi connectivity index (χ1n) is 16.5. The van der Waals surface area contributed by atoms with Crippen LogP contribution in [0, 0.1) is 0 Å². The molecule has 7 N–H and O–H groups in total. The summed E-state index contributed by atoms with van der Waals surface area (Å²) in [5.74, 6) is -5.19. The topological polar surface area (TPSA) is 257 Å². The Kier molecular flexibility index (Phi) is 16.0. The summed E-state index contributed by atoms with van der Waals surface area (Å²) in [6, 6.07) is 2.14. The zero-order valence-corrected chi connectivity index (χ0v) is 28.1. The van der Waals surface area contributed by atoms with Crippen LogP contribution < -0.4 is 10.6 Å². The molecule has 0 bridgehead atoms. The number of aliphatic carboxylic acids is 3. The molecule has 3 rings (SSSR count). The van der Waals surface area contributed by atoms with E-state index in [1.165, 1.54) is 24.1 Å². The molecule has 0 aliphatic carbocycles. The van der Waals surface area contributed by atoms with E-state index >= 15 is 0 Å². The van der Waals surface area contributed by atoms with Crippen LogP contribution in [0.2, 0.25) is 0 Å². The number of amides is 3. The second-order valence-electron chi connectivity index (χ2n) is 12.5. The summed E-state index contributed by atoms with van der Waals surface area (Å²) in [6.07, 6.45) is 2.39. The zero-order chi connectivity index (χ0) is 36.8. The van der Waals surface area contributed by atoms with Gasteiger partial charge in [-0.05, 0) is 31.9 Å². The third-order valence-corrected chi connectivity index (χ3v) is 8.57. The molecule has 19 nitrogen and oxygen atoms in total. The fourth-order valence-electron chi connectivity index (χ4n) is 5.86. The van der Waals surface area contributed by atoms with Gasteiger partial charge in [-0.15, -0.1) is 0 Å². The first kappa shape index (κ1) is 40.2. The highest BCUT2D eigenvalue weighted by molar-refractivity contribution is 6.43. The van der Waals surface area contributed by atoms with Crippen molar-refractivity contribution < 1.29 is 54.1 Å². The maximum absolute atomic E-state index is 13.0. The van der Waals surface area contributed by atoms with Crippen molar-refractivity contribution in [2.45, 2.75) is 38.3 Å². The fourth-order valence-corrected chi connectivity index (χ4v) is 5.86. The fraction of sp³-hybridized carbons (Fsp3) is 0.633. The highest BCUT2D eigenvalue weighted by Gasteiger charge is 2.38. The van der Waals surface area contributed by atoms with Gasteiger partial charge in [-0.25, -0.2) is 0 Å². The van der Waals surface area contributed by atoms with E-state index in [1.54, 1.807) is 25.7 Å². The van der Waals surface area contributed by atoms with Gasteiger partial charge < -0.3 is 40.9 Å². The highest BCUT2D eigenvalue weighted by Crippen LogP contribution is 2.19. The summed E-state index contributed by atoms with van der Waals surface area (Å²) >= 11 is 0. The number of hydrogen-bond acceptors (Lipinski definition) is 13. The summed E-state index contributed by atoms with van der Waals surface area (Å²) in [6.45, 7) is 3.24. The quantitative estimate of drug-likeness (QED) is 0.0919. The average Bonchev–Trinajstić information content (AvgIpc) is 3.55. The lowest BCUT2D eigenvalue weighted by Crippen LogP contribution is -2.52. The van der Waals surface area contributed by atoms with Crippen LogP contribution in [0.4, 0.5) is 0 Å².